The summed E-state index contributed by atoms with van der Waals surface area (Å²) in [5.74, 6) is -25.5. The lowest BCUT2D eigenvalue weighted by atomic mass is 10.2. The Labute approximate surface area is 205 Å². The van der Waals surface area contributed by atoms with Crippen molar-refractivity contribution >= 4 is 0 Å². The molecule has 0 aliphatic heterocycles. The molecule has 6 nitrogen and oxygen atoms in total. The molecule has 248 valence electrons. The van der Waals surface area contributed by atoms with E-state index in [1.807, 2.05) is 0 Å². The van der Waals surface area contributed by atoms with Crippen molar-refractivity contribution in [1.29, 1.82) is 0 Å². The molecule has 41 heavy (non-hydrogen) atoms. The summed E-state index contributed by atoms with van der Waals surface area (Å²) < 4.78 is 304. The van der Waals surface area contributed by atoms with E-state index in [9.17, 15) is 101 Å². The van der Waals surface area contributed by atoms with E-state index in [0.29, 0.717) is 0 Å². The number of rotatable bonds is 11. The van der Waals surface area contributed by atoms with Gasteiger partial charge in [-0.25, -0.2) is 4.74 Å². The fourth-order valence-electron chi connectivity index (χ4n) is 1.78. The summed E-state index contributed by atoms with van der Waals surface area (Å²) >= 11 is 0. The van der Waals surface area contributed by atoms with Crippen molar-refractivity contribution in [2.24, 2.45) is 0 Å². The van der Waals surface area contributed by atoms with Crippen LogP contribution in [0.15, 0.2) is 0 Å². The smallest absolute Gasteiger partial charge is 0.361 e. The zero-order chi connectivity index (χ0) is 33.9. The number of hydrogen-bond acceptors (Lipinski definition) is 6. The standard InChI is InChI=1S/C12H3F23O6/c13-2(14,1(36)37)38-3(15,6(18,19)20)9(27,28)39-4(16,7(21,22)23)10(29,30)40-5(17,8(24,25)26)11(31,32)41-12(33,34)35/h1,36-37H. The molecular weight excluding hydrogens is 677 g/mol. The molecule has 0 bridgehead atoms. The first kappa shape index (κ1) is 39.1. The Hall–Kier alpha value is -1.85. The summed E-state index contributed by atoms with van der Waals surface area (Å²) in [7, 11) is 0. The summed E-state index contributed by atoms with van der Waals surface area (Å²) in [4.78, 5) is 0. The van der Waals surface area contributed by atoms with Crippen LogP contribution in [0.3, 0.4) is 0 Å². The van der Waals surface area contributed by atoms with Gasteiger partial charge >= 0.3 is 66.9 Å². The van der Waals surface area contributed by atoms with Crippen molar-refractivity contribution in [2.45, 2.75) is 73.2 Å². The zero-order valence-corrected chi connectivity index (χ0v) is 17.3. The lowest BCUT2D eigenvalue weighted by molar-refractivity contribution is -0.592. The van der Waals surface area contributed by atoms with Crippen molar-refractivity contribution in [3.05, 3.63) is 0 Å². The van der Waals surface area contributed by atoms with Gasteiger partial charge in [0.15, 0.2) is 0 Å². The Morgan fingerprint density at radius 1 is 0.341 bits per heavy atom. The molecule has 3 atom stereocenters. The first-order chi connectivity index (χ1) is 17.3. The van der Waals surface area contributed by atoms with Gasteiger partial charge in [0, 0.05) is 0 Å². The number of hydrogen-bond donors (Lipinski definition) is 2. The maximum atomic E-state index is 14.1. The molecule has 0 saturated heterocycles. The van der Waals surface area contributed by atoms with Crippen LogP contribution in [0.25, 0.3) is 0 Å². The molecule has 0 aromatic heterocycles. The Bertz CT molecular complexity index is 905. The highest BCUT2D eigenvalue weighted by molar-refractivity contribution is 4.97. The maximum absolute atomic E-state index is 14.1. The third kappa shape index (κ3) is 7.39. The molecule has 0 fully saturated rings. The van der Waals surface area contributed by atoms with Gasteiger partial charge in [-0.3, -0.25) is 14.2 Å². The molecule has 3 unspecified atom stereocenters. The predicted molar refractivity (Wildman–Crippen MR) is 68.1 cm³/mol. The second-order valence-electron chi connectivity index (χ2n) is 6.62. The highest BCUT2D eigenvalue weighted by Crippen LogP contribution is 2.59. The van der Waals surface area contributed by atoms with Crippen LogP contribution >= 0.6 is 0 Å². The van der Waals surface area contributed by atoms with Crippen LogP contribution < -0.4 is 0 Å². The molecule has 0 heterocycles. The number of halogens is 23. The van der Waals surface area contributed by atoms with Gasteiger partial charge in [0.2, 0.25) is 6.29 Å². The van der Waals surface area contributed by atoms with E-state index in [1.165, 1.54) is 4.74 Å². The molecule has 0 aromatic rings. The lowest BCUT2D eigenvalue weighted by Crippen LogP contribution is -2.71. The van der Waals surface area contributed by atoms with E-state index in [2.05, 4.69) is 0 Å². The van der Waals surface area contributed by atoms with E-state index in [-0.39, 0.29) is 0 Å². The van der Waals surface area contributed by atoms with Crippen LogP contribution in [0.5, 0.6) is 0 Å². The van der Waals surface area contributed by atoms with Gasteiger partial charge in [-0.05, 0) is 0 Å². The van der Waals surface area contributed by atoms with E-state index in [1.54, 1.807) is 0 Å². The second kappa shape index (κ2) is 10.4. The third-order valence-corrected chi connectivity index (χ3v) is 3.58. The highest BCUT2D eigenvalue weighted by atomic mass is 19.4. The van der Waals surface area contributed by atoms with E-state index in [4.69, 9.17) is 10.2 Å². The summed E-state index contributed by atoms with van der Waals surface area (Å²) in [6, 6.07) is 0. The van der Waals surface area contributed by atoms with Crippen LogP contribution in [0, 0.1) is 0 Å². The van der Waals surface area contributed by atoms with E-state index < -0.39 is 73.2 Å². The minimum Gasteiger partial charge on any atom is -0.361 e. The SMILES string of the molecule is OC(O)C(F)(F)OC(F)(C(F)(F)F)C(F)(F)OC(F)(C(F)(F)F)C(F)(F)OC(F)(C(F)(F)F)C(F)(F)OC(F)(F)F. The Balaban J connectivity index is 7.29. The maximum Gasteiger partial charge on any atom is 0.527 e. The summed E-state index contributed by atoms with van der Waals surface area (Å²) in [6.07, 6.45) is -69.3. The first-order valence-corrected chi connectivity index (χ1v) is 8.28. The van der Waals surface area contributed by atoms with Gasteiger partial charge in [0.25, 0.3) is 0 Å². The van der Waals surface area contributed by atoms with Crippen molar-refractivity contribution in [3.63, 3.8) is 0 Å². The van der Waals surface area contributed by atoms with Gasteiger partial charge < -0.3 is 10.2 Å². The van der Waals surface area contributed by atoms with Gasteiger partial charge in [0.1, 0.15) is 0 Å². The van der Waals surface area contributed by atoms with Gasteiger partial charge in [0.05, 0.1) is 0 Å². The van der Waals surface area contributed by atoms with Crippen LogP contribution in [-0.4, -0.2) is 83.4 Å². The van der Waals surface area contributed by atoms with Gasteiger partial charge in [-0.2, -0.15) is 87.8 Å². The summed E-state index contributed by atoms with van der Waals surface area (Å²) in [6.45, 7) is 0. The second-order valence-corrected chi connectivity index (χ2v) is 6.62. The minimum atomic E-state index is -8.78. The van der Waals surface area contributed by atoms with Crippen LogP contribution in [0.1, 0.15) is 0 Å². The highest BCUT2D eigenvalue weighted by Gasteiger charge is 2.88. The van der Waals surface area contributed by atoms with Crippen molar-refractivity contribution in [2.75, 3.05) is 0 Å². The number of aliphatic hydroxyl groups is 2. The third-order valence-electron chi connectivity index (χ3n) is 3.58. The summed E-state index contributed by atoms with van der Waals surface area (Å²) in [5.41, 5.74) is 0. The number of aliphatic hydroxyl groups excluding tert-OH is 1. The monoisotopic (exact) mass is 680 g/mol. The molecule has 0 spiro atoms. The number of ether oxygens (including phenoxy) is 4. The van der Waals surface area contributed by atoms with Crippen LogP contribution in [0.4, 0.5) is 101 Å². The predicted octanol–water partition coefficient (Wildman–Crippen LogP) is 5.94. The number of alkyl halides is 23. The van der Waals surface area contributed by atoms with E-state index >= 15 is 0 Å². The average Bonchev–Trinajstić information content (AvgIpc) is 2.61. The fraction of sp³-hybridized carbons (Fsp3) is 1.00. The molecule has 0 aliphatic rings. The fourth-order valence-corrected chi connectivity index (χ4v) is 1.78. The molecule has 0 aromatic carbocycles. The zero-order valence-electron chi connectivity index (χ0n) is 17.3. The quantitative estimate of drug-likeness (QED) is 0.208. The Kier molecular flexibility index (Phi) is 9.93. The van der Waals surface area contributed by atoms with Gasteiger partial charge in [-0.15, -0.1) is 13.2 Å². The van der Waals surface area contributed by atoms with Gasteiger partial charge in [-0.1, -0.05) is 0 Å². The molecule has 0 saturated carbocycles. The molecule has 0 radical (unpaired) electrons. The molecule has 2 N–H and O–H groups in total. The molecular formula is C12H3F23O6. The van der Waals surface area contributed by atoms with Crippen molar-refractivity contribution < 1.29 is 130 Å². The van der Waals surface area contributed by atoms with Crippen molar-refractivity contribution in [3.8, 4) is 0 Å². The first-order valence-electron chi connectivity index (χ1n) is 8.28. The van der Waals surface area contributed by atoms with Crippen LogP contribution in [0.2, 0.25) is 0 Å². The minimum absolute atomic E-state index is 1.05. The topological polar surface area (TPSA) is 77.4 Å². The van der Waals surface area contributed by atoms with Crippen molar-refractivity contribution in [1.82, 2.24) is 0 Å². The largest absolute Gasteiger partial charge is 0.527 e. The molecule has 0 amide bonds. The molecule has 0 rings (SSSR count). The average molecular weight is 680 g/mol. The Morgan fingerprint density at radius 3 is 0.756 bits per heavy atom. The lowest BCUT2D eigenvalue weighted by Gasteiger charge is -2.43. The van der Waals surface area contributed by atoms with Crippen LogP contribution in [-0.2, 0) is 18.9 Å². The Morgan fingerprint density at radius 2 is 0.561 bits per heavy atom. The van der Waals surface area contributed by atoms with E-state index in [0.717, 1.165) is 14.2 Å². The normalized spacial score (nSPS) is 20.0. The summed E-state index contributed by atoms with van der Waals surface area (Å²) in [5, 5.41) is 16.0. The molecule has 29 heteroatoms. The molecule has 0 aliphatic carbocycles.